The highest BCUT2D eigenvalue weighted by atomic mass is 19.1. The Labute approximate surface area is 214 Å². The Bertz CT molecular complexity index is 1180. The number of carbonyl (C=O) groups is 1. The first-order chi connectivity index (χ1) is 17.9. The van der Waals surface area contributed by atoms with Gasteiger partial charge in [-0.05, 0) is 37.3 Å². The van der Waals surface area contributed by atoms with Gasteiger partial charge in [0.15, 0.2) is 5.82 Å². The first-order valence-electron chi connectivity index (χ1n) is 11.9. The van der Waals surface area contributed by atoms with E-state index in [1.807, 2.05) is 0 Å². The van der Waals surface area contributed by atoms with Gasteiger partial charge >= 0.3 is 0 Å². The number of halogens is 1. The van der Waals surface area contributed by atoms with Crippen molar-refractivity contribution in [3.8, 4) is 22.6 Å². The molecule has 12 heteroatoms. The van der Waals surface area contributed by atoms with Crippen LogP contribution in [0.3, 0.4) is 0 Å². The van der Waals surface area contributed by atoms with Gasteiger partial charge in [-0.3, -0.25) is 4.79 Å². The number of H-pyrrole nitrogens is 1. The van der Waals surface area contributed by atoms with E-state index in [0.29, 0.717) is 60.7 Å². The SMILES string of the molecule is COCCNC(=O)C1(C)COC(c2nc(-c3ccc(F)cc3)c(-c3ccnc(NCCOC)n3)[nH]2)OC1. The Hall–Kier alpha value is -3.45. The number of benzene rings is 1. The van der Waals surface area contributed by atoms with Crippen LogP contribution < -0.4 is 10.6 Å². The first-order valence-corrected chi connectivity index (χ1v) is 11.9. The van der Waals surface area contributed by atoms with Gasteiger partial charge in [0.25, 0.3) is 0 Å². The third kappa shape index (κ3) is 6.46. The van der Waals surface area contributed by atoms with Crippen LogP contribution in [-0.4, -0.2) is 79.6 Å². The summed E-state index contributed by atoms with van der Waals surface area (Å²) in [5.41, 5.74) is 1.55. The quantitative estimate of drug-likeness (QED) is 0.330. The third-order valence-corrected chi connectivity index (χ3v) is 5.81. The number of nitrogens with zero attached hydrogens (tertiary/aromatic N) is 3. The average molecular weight is 515 g/mol. The summed E-state index contributed by atoms with van der Waals surface area (Å²) < 4.78 is 35.5. The Morgan fingerprint density at radius 2 is 1.81 bits per heavy atom. The minimum absolute atomic E-state index is 0.138. The Balaban J connectivity index is 1.58. The highest BCUT2D eigenvalue weighted by Crippen LogP contribution is 2.35. The van der Waals surface area contributed by atoms with Crippen LogP contribution in [0.5, 0.6) is 0 Å². The molecule has 11 nitrogen and oxygen atoms in total. The molecule has 37 heavy (non-hydrogen) atoms. The third-order valence-electron chi connectivity index (χ3n) is 5.81. The summed E-state index contributed by atoms with van der Waals surface area (Å²) in [6.07, 6.45) is 0.808. The van der Waals surface area contributed by atoms with Crippen LogP contribution in [0.4, 0.5) is 10.3 Å². The van der Waals surface area contributed by atoms with Crippen LogP contribution in [0, 0.1) is 11.2 Å². The van der Waals surface area contributed by atoms with E-state index in [0.717, 1.165) is 0 Å². The lowest BCUT2D eigenvalue weighted by atomic mass is 9.91. The molecule has 1 amide bonds. The van der Waals surface area contributed by atoms with Crippen LogP contribution in [0.1, 0.15) is 19.0 Å². The summed E-state index contributed by atoms with van der Waals surface area (Å²) in [6, 6.07) is 7.76. The lowest BCUT2D eigenvalue weighted by Crippen LogP contribution is -2.49. The second-order valence-electron chi connectivity index (χ2n) is 8.80. The number of imidazole rings is 1. The van der Waals surface area contributed by atoms with Gasteiger partial charge in [-0.1, -0.05) is 0 Å². The Morgan fingerprint density at radius 3 is 2.51 bits per heavy atom. The predicted octanol–water partition coefficient (Wildman–Crippen LogP) is 2.55. The van der Waals surface area contributed by atoms with Crippen molar-refractivity contribution in [2.24, 2.45) is 5.41 Å². The number of methoxy groups -OCH3 is 2. The molecule has 198 valence electrons. The fraction of sp³-hybridized carbons (Fsp3) is 0.440. The van der Waals surface area contributed by atoms with Crippen molar-refractivity contribution in [3.05, 3.63) is 48.2 Å². The largest absolute Gasteiger partial charge is 0.383 e. The molecule has 0 bridgehead atoms. The fourth-order valence-electron chi connectivity index (χ4n) is 3.73. The molecule has 3 N–H and O–H groups in total. The second-order valence-corrected chi connectivity index (χ2v) is 8.80. The van der Waals surface area contributed by atoms with Gasteiger partial charge in [-0.25, -0.2) is 19.3 Å². The minimum atomic E-state index is -0.852. The number of aromatic nitrogens is 4. The van der Waals surface area contributed by atoms with Gasteiger partial charge in [0.1, 0.15) is 5.82 Å². The minimum Gasteiger partial charge on any atom is -0.383 e. The van der Waals surface area contributed by atoms with Crippen molar-refractivity contribution in [1.82, 2.24) is 25.3 Å². The van der Waals surface area contributed by atoms with E-state index in [1.165, 1.54) is 12.1 Å². The molecule has 1 aliphatic rings. The predicted molar refractivity (Wildman–Crippen MR) is 133 cm³/mol. The molecule has 0 saturated carbocycles. The molecule has 0 aliphatic carbocycles. The van der Waals surface area contributed by atoms with Gasteiger partial charge in [0.2, 0.25) is 18.1 Å². The standard InChI is InChI=1S/C25H31FN6O5/c1-25(23(33)27-10-12-34-2)14-36-22(37-15-25)21-31-19(16-4-6-17(26)7-5-16)20(32-21)18-8-9-28-24(30-18)29-11-13-35-3/h4-9,22H,10-15H2,1-3H3,(H,27,33)(H,31,32)(H,28,29,30). The number of amides is 1. The number of carbonyl (C=O) groups excluding carboxylic acids is 1. The Kier molecular flexibility index (Phi) is 8.77. The zero-order valence-corrected chi connectivity index (χ0v) is 21.0. The van der Waals surface area contributed by atoms with E-state index < -0.39 is 11.7 Å². The number of aromatic amines is 1. The molecule has 1 saturated heterocycles. The van der Waals surface area contributed by atoms with Crippen molar-refractivity contribution in [3.63, 3.8) is 0 Å². The van der Waals surface area contributed by atoms with Crippen LogP contribution >= 0.6 is 0 Å². The lowest BCUT2D eigenvalue weighted by molar-refractivity contribution is -0.231. The summed E-state index contributed by atoms with van der Waals surface area (Å²) in [5, 5.41) is 5.93. The highest BCUT2D eigenvalue weighted by molar-refractivity contribution is 5.82. The number of hydrogen-bond acceptors (Lipinski definition) is 9. The summed E-state index contributed by atoms with van der Waals surface area (Å²) in [4.78, 5) is 29.4. The summed E-state index contributed by atoms with van der Waals surface area (Å²) in [7, 11) is 3.19. The molecule has 3 heterocycles. The molecule has 0 radical (unpaired) electrons. The van der Waals surface area contributed by atoms with Crippen LogP contribution in [-0.2, 0) is 23.7 Å². The van der Waals surface area contributed by atoms with E-state index in [-0.39, 0.29) is 24.9 Å². The molecular formula is C25H31FN6O5. The van der Waals surface area contributed by atoms with E-state index in [2.05, 4.69) is 25.6 Å². The normalized spacial score (nSPS) is 19.5. The van der Waals surface area contributed by atoms with Crippen LogP contribution in [0.25, 0.3) is 22.6 Å². The molecule has 2 aromatic heterocycles. The number of hydrogen-bond donors (Lipinski definition) is 3. The van der Waals surface area contributed by atoms with Crippen molar-refractivity contribution < 1.29 is 28.1 Å². The smallest absolute Gasteiger partial charge is 0.230 e. The fourth-order valence-corrected chi connectivity index (χ4v) is 3.73. The van der Waals surface area contributed by atoms with Gasteiger partial charge in [-0.15, -0.1) is 0 Å². The monoisotopic (exact) mass is 514 g/mol. The molecule has 0 atom stereocenters. The van der Waals surface area contributed by atoms with Gasteiger partial charge in [-0.2, -0.15) is 0 Å². The lowest BCUT2D eigenvalue weighted by Gasteiger charge is -2.35. The number of anilines is 1. The maximum absolute atomic E-state index is 13.6. The van der Waals surface area contributed by atoms with Crippen molar-refractivity contribution in [1.29, 1.82) is 0 Å². The molecule has 0 spiro atoms. The molecule has 1 aliphatic heterocycles. The molecule has 3 aromatic rings. The molecule has 4 rings (SSSR count). The molecule has 1 aromatic carbocycles. The van der Waals surface area contributed by atoms with Gasteiger partial charge in [0, 0.05) is 39.1 Å². The van der Waals surface area contributed by atoms with E-state index in [9.17, 15) is 9.18 Å². The number of rotatable bonds is 11. The van der Waals surface area contributed by atoms with Gasteiger partial charge < -0.3 is 34.6 Å². The zero-order chi connectivity index (χ0) is 26.3. The van der Waals surface area contributed by atoms with Crippen molar-refractivity contribution in [2.75, 3.05) is 59.1 Å². The summed E-state index contributed by atoms with van der Waals surface area (Å²) in [6.45, 7) is 3.92. The summed E-state index contributed by atoms with van der Waals surface area (Å²) in [5.74, 6) is 0.305. The van der Waals surface area contributed by atoms with Crippen molar-refractivity contribution >= 4 is 11.9 Å². The maximum Gasteiger partial charge on any atom is 0.230 e. The average Bonchev–Trinajstić information content (AvgIpc) is 3.35. The summed E-state index contributed by atoms with van der Waals surface area (Å²) >= 11 is 0. The van der Waals surface area contributed by atoms with Crippen LogP contribution in [0.2, 0.25) is 0 Å². The number of ether oxygens (including phenoxy) is 4. The molecule has 0 unspecified atom stereocenters. The van der Waals surface area contributed by atoms with Crippen molar-refractivity contribution in [2.45, 2.75) is 13.2 Å². The van der Waals surface area contributed by atoms with Crippen LogP contribution in [0.15, 0.2) is 36.5 Å². The first kappa shape index (κ1) is 26.6. The molecule has 1 fully saturated rings. The van der Waals surface area contributed by atoms with E-state index in [4.69, 9.17) is 23.9 Å². The zero-order valence-electron chi connectivity index (χ0n) is 21.0. The highest BCUT2D eigenvalue weighted by Gasteiger charge is 2.40. The second kappa shape index (κ2) is 12.2. The van der Waals surface area contributed by atoms with E-state index >= 15 is 0 Å². The number of nitrogens with one attached hydrogen (secondary N) is 3. The Morgan fingerprint density at radius 1 is 1.11 bits per heavy atom. The maximum atomic E-state index is 13.6. The molecular weight excluding hydrogens is 483 g/mol. The topological polar surface area (TPSA) is 133 Å². The van der Waals surface area contributed by atoms with E-state index in [1.54, 1.807) is 45.5 Å². The van der Waals surface area contributed by atoms with Gasteiger partial charge in [0.05, 0.1) is 48.9 Å².